The molecule has 0 atom stereocenters. The molecule has 0 heterocycles. The number of hydrogen-bond donors (Lipinski definition) is 0. The summed E-state index contributed by atoms with van der Waals surface area (Å²) in [6, 6.07) is 16.4. The highest BCUT2D eigenvalue weighted by molar-refractivity contribution is 6.67. The summed E-state index contributed by atoms with van der Waals surface area (Å²) in [5.74, 6) is -0.199. The minimum absolute atomic E-state index is 0. The van der Waals surface area contributed by atoms with Crippen LogP contribution in [0.3, 0.4) is 0 Å². The van der Waals surface area contributed by atoms with Crippen molar-refractivity contribution < 1.29 is 15.3 Å². The van der Waals surface area contributed by atoms with E-state index in [0.29, 0.717) is 0 Å². The Labute approximate surface area is 94.6 Å². The van der Waals surface area contributed by atoms with Crippen molar-refractivity contribution in [3.63, 3.8) is 0 Å². The highest BCUT2D eigenvalue weighted by atomic mass is 19.1. The van der Waals surface area contributed by atoms with Crippen molar-refractivity contribution in [3.8, 4) is 0 Å². The van der Waals surface area contributed by atoms with Gasteiger partial charge in [0.15, 0.2) is 7.28 Å². The Morgan fingerprint density at radius 1 is 0.688 bits per heavy atom. The fraction of sp³-hybridized carbons (Fsp3) is 0. The van der Waals surface area contributed by atoms with E-state index < -0.39 is 0 Å². The zero-order valence-electron chi connectivity index (χ0n) is 8.65. The van der Waals surface area contributed by atoms with Crippen LogP contribution in [0.1, 0.15) is 0 Å². The van der Waals surface area contributed by atoms with E-state index in [1.807, 2.05) is 37.6 Å². The second kappa shape index (κ2) is 6.77. The molecule has 1 radical (unpaired) electrons. The molecule has 0 aliphatic heterocycles. The second-order valence-corrected chi connectivity index (χ2v) is 3.11. The highest BCUT2D eigenvalue weighted by Crippen LogP contribution is 1.92. The fourth-order valence-electron chi connectivity index (χ4n) is 1.30. The molecule has 16 heavy (non-hydrogen) atoms. The van der Waals surface area contributed by atoms with Gasteiger partial charge >= 0.3 is 0 Å². The Balaban J connectivity index is 0.00000112. The van der Waals surface area contributed by atoms with Crippen molar-refractivity contribution in [2.75, 3.05) is 0 Å². The summed E-state index contributed by atoms with van der Waals surface area (Å²) >= 11 is 0. The Morgan fingerprint density at radius 3 is 1.75 bits per heavy atom. The maximum absolute atomic E-state index is 12.6. The third kappa shape index (κ3) is 3.84. The Bertz CT molecular complexity index is 403. The van der Waals surface area contributed by atoms with Gasteiger partial charge in [-0.15, -0.1) is 0 Å². The molecule has 2 aromatic carbocycles. The predicted octanol–water partition coefficient (Wildman–Crippen LogP) is -0.169. The summed E-state index contributed by atoms with van der Waals surface area (Å²) in [4.78, 5) is 0. The number of halogens is 1. The predicted molar refractivity (Wildman–Crippen MR) is 65.1 cm³/mol. The van der Waals surface area contributed by atoms with E-state index in [1.165, 1.54) is 12.1 Å². The molecule has 0 bridgehead atoms. The van der Waals surface area contributed by atoms with Crippen LogP contribution in [0.15, 0.2) is 54.6 Å². The van der Waals surface area contributed by atoms with Crippen LogP contribution in [0.4, 0.5) is 4.39 Å². The molecule has 0 aliphatic rings. The van der Waals surface area contributed by atoms with Crippen molar-refractivity contribution >= 4 is 18.2 Å². The third-order valence-electron chi connectivity index (χ3n) is 2.00. The molecule has 4 heteroatoms. The van der Waals surface area contributed by atoms with Gasteiger partial charge in [-0.2, -0.15) is 0 Å². The molecule has 83 valence electrons. The van der Waals surface area contributed by atoms with E-state index in [2.05, 4.69) is 0 Å². The SMILES string of the molecule is Fc1ccc([B]c2ccccc2)cc1.O.O. The maximum Gasteiger partial charge on any atom is 0.191 e. The molecule has 2 rings (SSSR count). The lowest BCUT2D eigenvalue weighted by atomic mass is 9.64. The first-order chi connectivity index (χ1) is 6.84. The average molecular weight is 219 g/mol. The Hall–Kier alpha value is -1.65. The molecular formula is C12H13BFO2. The second-order valence-electron chi connectivity index (χ2n) is 3.11. The lowest BCUT2D eigenvalue weighted by Crippen LogP contribution is -2.26. The molecule has 2 nitrogen and oxygen atoms in total. The van der Waals surface area contributed by atoms with Gasteiger partial charge in [0.1, 0.15) is 5.82 Å². The van der Waals surface area contributed by atoms with Crippen molar-refractivity contribution in [3.05, 3.63) is 60.4 Å². The van der Waals surface area contributed by atoms with Gasteiger partial charge in [-0.05, 0) is 12.1 Å². The molecule has 0 unspecified atom stereocenters. The molecule has 0 saturated carbocycles. The number of benzene rings is 2. The van der Waals surface area contributed by atoms with E-state index in [4.69, 9.17) is 0 Å². The monoisotopic (exact) mass is 219 g/mol. The minimum atomic E-state index is -0.199. The van der Waals surface area contributed by atoms with Crippen LogP contribution < -0.4 is 10.9 Å². The summed E-state index contributed by atoms with van der Waals surface area (Å²) in [7, 11) is 2.01. The van der Waals surface area contributed by atoms with Crippen molar-refractivity contribution in [2.24, 2.45) is 0 Å². The van der Waals surface area contributed by atoms with E-state index in [0.717, 1.165) is 10.9 Å². The van der Waals surface area contributed by atoms with Crippen LogP contribution in [0.2, 0.25) is 0 Å². The largest absolute Gasteiger partial charge is 0.412 e. The smallest absolute Gasteiger partial charge is 0.191 e. The Kier molecular flexibility index (Phi) is 6.07. The van der Waals surface area contributed by atoms with Gasteiger partial charge in [0, 0.05) is 0 Å². The van der Waals surface area contributed by atoms with E-state index >= 15 is 0 Å². The van der Waals surface area contributed by atoms with Crippen molar-refractivity contribution in [1.82, 2.24) is 0 Å². The van der Waals surface area contributed by atoms with Gasteiger partial charge in [-0.1, -0.05) is 53.4 Å². The normalized spacial score (nSPS) is 8.56. The van der Waals surface area contributed by atoms with Gasteiger partial charge in [0.2, 0.25) is 0 Å². The lowest BCUT2D eigenvalue weighted by Gasteiger charge is -1.99. The number of hydrogen-bond acceptors (Lipinski definition) is 0. The molecular weight excluding hydrogens is 206 g/mol. The standard InChI is InChI=1S/C12H9BF.2H2O/c14-12-8-6-11(7-9-12)13-10-4-2-1-3-5-10;;/h1-9H;2*1H2. The van der Waals surface area contributed by atoms with Crippen molar-refractivity contribution in [1.29, 1.82) is 0 Å². The van der Waals surface area contributed by atoms with Gasteiger partial charge in [-0.25, -0.2) is 4.39 Å². The fourth-order valence-corrected chi connectivity index (χ4v) is 1.30. The minimum Gasteiger partial charge on any atom is -0.412 e. The molecule has 0 fully saturated rings. The average Bonchev–Trinajstić information content (AvgIpc) is 2.23. The zero-order chi connectivity index (χ0) is 9.80. The summed E-state index contributed by atoms with van der Waals surface area (Å²) in [5.41, 5.74) is 2.14. The Morgan fingerprint density at radius 2 is 1.19 bits per heavy atom. The lowest BCUT2D eigenvalue weighted by molar-refractivity contribution is 0.628. The zero-order valence-corrected chi connectivity index (χ0v) is 8.65. The molecule has 0 saturated heterocycles. The van der Waals surface area contributed by atoms with Gasteiger partial charge in [-0.3, -0.25) is 0 Å². The molecule has 0 spiro atoms. The van der Waals surface area contributed by atoms with E-state index in [9.17, 15) is 4.39 Å². The first kappa shape index (κ1) is 14.4. The maximum atomic E-state index is 12.6. The van der Waals surface area contributed by atoms with Crippen LogP contribution in [0.5, 0.6) is 0 Å². The molecule has 0 aromatic heterocycles. The van der Waals surface area contributed by atoms with E-state index in [1.54, 1.807) is 12.1 Å². The third-order valence-corrected chi connectivity index (χ3v) is 2.00. The molecule has 4 N–H and O–H groups in total. The molecule has 2 aromatic rings. The summed E-state index contributed by atoms with van der Waals surface area (Å²) in [6.07, 6.45) is 0. The summed E-state index contributed by atoms with van der Waals surface area (Å²) in [5, 5.41) is 0. The first-order valence-electron chi connectivity index (χ1n) is 4.50. The van der Waals surface area contributed by atoms with Crippen LogP contribution in [-0.2, 0) is 0 Å². The summed E-state index contributed by atoms with van der Waals surface area (Å²) in [6.45, 7) is 0. The van der Waals surface area contributed by atoms with Gasteiger partial charge in [0.05, 0.1) is 0 Å². The highest BCUT2D eigenvalue weighted by Gasteiger charge is 1.97. The van der Waals surface area contributed by atoms with Crippen LogP contribution in [-0.4, -0.2) is 18.2 Å². The quantitative estimate of drug-likeness (QED) is 0.629. The summed E-state index contributed by atoms with van der Waals surface area (Å²) < 4.78 is 12.6. The van der Waals surface area contributed by atoms with Crippen molar-refractivity contribution in [2.45, 2.75) is 0 Å². The first-order valence-corrected chi connectivity index (χ1v) is 4.50. The topological polar surface area (TPSA) is 63.0 Å². The van der Waals surface area contributed by atoms with Crippen LogP contribution in [0, 0.1) is 5.82 Å². The van der Waals surface area contributed by atoms with Crippen LogP contribution >= 0.6 is 0 Å². The molecule has 0 aliphatic carbocycles. The molecule has 0 amide bonds. The van der Waals surface area contributed by atoms with Gasteiger partial charge in [0.25, 0.3) is 0 Å². The van der Waals surface area contributed by atoms with Gasteiger partial charge < -0.3 is 11.0 Å². The van der Waals surface area contributed by atoms with Crippen LogP contribution in [0.25, 0.3) is 0 Å². The van der Waals surface area contributed by atoms with E-state index in [-0.39, 0.29) is 16.8 Å². The number of rotatable bonds is 2.